The fourth-order valence-electron chi connectivity index (χ4n) is 3.27. The zero-order chi connectivity index (χ0) is 11.7. The van der Waals surface area contributed by atoms with E-state index in [0.29, 0.717) is 5.41 Å². The normalized spacial score (nSPS) is 23.4. The predicted molar refractivity (Wildman–Crippen MR) is 69.5 cm³/mol. The second-order valence-electron chi connectivity index (χ2n) is 5.65. The van der Waals surface area contributed by atoms with E-state index in [4.69, 9.17) is 4.74 Å². The molecule has 1 spiro atoms. The lowest BCUT2D eigenvalue weighted by Gasteiger charge is -2.47. The van der Waals surface area contributed by atoms with Gasteiger partial charge in [0.2, 0.25) is 0 Å². The molecule has 1 aliphatic heterocycles. The molecule has 92 valence electrons. The topological polar surface area (TPSA) is 21.3 Å². The van der Waals surface area contributed by atoms with Crippen LogP contribution in [0.15, 0.2) is 24.3 Å². The number of hydrogen-bond donors (Lipinski definition) is 1. The van der Waals surface area contributed by atoms with Gasteiger partial charge in [-0.2, -0.15) is 0 Å². The Hall–Kier alpha value is -1.02. The Morgan fingerprint density at radius 3 is 2.24 bits per heavy atom. The highest BCUT2D eigenvalue weighted by atomic mass is 16.5. The minimum Gasteiger partial charge on any atom is -0.497 e. The van der Waals surface area contributed by atoms with Gasteiger partial charge < -0.3 is 10.1 Å². The molecule has 0 unspecified atom stereocenters. The van der Waals surface area contributed by atoms with E-state index in [2.05, 4.69) is 29.6 Å². The third-order valence-electron chi connectivity index (χ3n) is 4.63. The number of nitrogens with one attached hydrogen (secondary N) is 1. The molecule has 2 nitrogen and oxygen atoms in total. The summed E-state index contributed by atoms with van der Waals surface area (Å²) in [6.07, 6.45) is 5.51. The van der Waals surface area contributed by atoms with Gasteiger partial charge in [-0.15, -0.1) is 0 Å². The van der Waals surface area contributed by atoms with E-state index in [1.165, 1.54) is 44.3 Å². The molecule has 0 bridgehead atoms. The second kappa shape index (κ2) is 4.34. The van der Waals surface area contributed by atoms with Gasteiger partial charge >= 0.3 is 0 Å². The molecule has 2 aliphatic rings. The van der Waals surface area contributed by atoms with Gasteiger partial charge in [-0.1, -0.05) is 12.1 Å². The maximum Gasteiger partial charge on any atom is 0.118 e. The monoisotopic (exact) mass is 231 g/mol. The first-order chi connectivity index (χ1) is 8.31. The van der Waals surface area contributed by atoms with Crippen LogP contribution in [0.3, 0.4) is 0 Å². The summed E-state index contributed by atoms with van der Waals surface area (Å²) >= 11 is 0. The molecule has 1 N–H and O–H groups in total. The minimum atomic E-state index is 0.670. The van der Waals surface area contributed by atoms with E-state index in [1.807, 2.05) is 0 Å². The van der Waals surface area contributed by atoms with Gasteiger partial charge in [0.15, 0.2) is 0 Å². The lowest BCUT2D eigenvalue weighted by molar-refractivity contribution is 0.0975. The molecule has 2 heteroatoms. The summed E-state index contributed by atoms with van der Waals surface area (Å²) in [5.41, 5.74) is 2.16. The fraction of sp³-hybridized carbons (Fsp3) is 0.600. The number of ether oxygens (including phenoxy) is 1. The Kier molecular flexibility index (Phi) is 2.83. The van der Waals surface area contributed by atoms with Gasteiger partial charge in [0.25, 0.3) is 0 Å². The van der Waals surface area contributed by atoms with Crippen LogP contribution in [-0.2, 0) is 0 Å². The number of rotatable bonds is 2. The smallest absolute Gasteiger partial charge is 0.118 e. The standard InChI is InChI=1S/C15H21NO/c1-17-14-4-2-12(3-5-14)13-6-8-15(9-7-13)10-16-11-15/h2-5,13,16H,6-11H2,1H3. The first kappa shape index (κ1) is 11.1. The number of methoxy groups -OCH3 is 1. The molecular weight excluding hydrogens is 210 g/mol. The molecule has 0 aromatic heterocycles. The average Bonchev–Trinajstić information content (AvgIpc) is 2.37. The van der Waals surface area contributed by atoms with Crippen LogP contribution in [0.4, 0.5) is 0 Å². The Morgan fingerprint density at radius 1 is 1.12 bits per heavy atom. The molecule has 0 atom stereocenters. The van der Waals surface area contributed by atoms with E-state index in [-0.39, 0.29) is 0 Å². The molecule has 1 aromatic carbocycles. The van der Waals surface area contributed by atoms with Crippen molar-refractivity contribution in [3.05, 3.63) is 29.8 Å². The second-order valence-corrected chi connectivity index (χ2v) is 5.65. The number of benzene rings is 1. The molecule has 1 aromatic rings. The van der Waals surface area contributed by atoms with Crippen molar-refractivity contribution in [2.75, 3.05) is 20.2 Å². The van der Waals surface area contributed by atoms with Gasteiger partial charge in [0.05, 0.1) is 7.11 Å². The molecule has 0 amide bonds. The van der Waals surface area contributed by atoms with Crippen molar-refractivity contribution in [2.24, 2.45) is 5.41 Å². The van der Waals surface area contributed by atoms with Crippen molar-refractivity contribution in [1.82, 2.24) is 5.32 Å². The molecule has 1 heterocycles. The summed E-state index contributed by atoms with van der Waals surface area (Å²) in [5.74, 6) is 1.73. The zero-order valence-corrected chi connectivity index (χ0v) is 10.5. The van der Waals surface area contributed by atoms with Crippen LogP contribution in [-0.4, -0.2) is 20.2 Å². The summed E-state index contributed by atoms with van der Waals surface area (Å²) in [4.78, 5) is 0. The van der Waals surface area contributed by atoms with Crippen molar-refractivity contribution in [2.45, 2.75) is 31.6 Å². The SMILES string of the molecule is COc1ccc(C2CCC3(CC2)CNC3)cc1. The van der Waals surface area contributed by atoms with Gasteiger partial charge in [0.1, 0.15) is 5.75 Å². The molecule has 3 rings (SSSR count). The van der Waals surface area contributed by atoms with Gasteiger partial charge in [-0.25, -0.2) is 0 Å². The largest absolute Gasteiger partial charge is 0.497 e. The third kappa shape index (κ3) is 2.06. The van der Waals surface area contributed by atoms with E-state index in [9.17, 15) is 0 Å². The van der Waals surface area contributed by atoms with Crippen molar-refractivity contribution in [3.63, 3.8) is 0 Å². The van der Waals surface area contributed by atoms with Gasteiger partial charge in [0, 0.05) is 13.1 Å². The molecule has 1 saturated heterocycles. The van der Waals surface area contributed by atoms with E-state index in [1.54, 1.807) is 7.11 Å². The van der Waals surface area contributed by atoms with Gasteiger partial charge in [-0.3, -0.25) is 0 Å². The molecule has 1 aliphatic carbocycles. The first-order valence-corrected chi connectivity index (χ1v) is 6.66. The van der Waals surface area contributed by atoms with Crippen LogP contribution < -0.4 is 10.1 Å². The van der Waals surface area contributed by atoms with Crippen LogP contribution in [0.5, 0.6) is 5.75 Å². The lowest BCUT2D eigenvalue weighted by Crippen LogP contribution is -2.54. The maximum atomic E-state index is 5.21. The summed E-state index contributed by atoms with van der Waals surface area (Å²) in [6, 6.07) is 8.65. The summed E-state index contributed by atoms with van der Waals surface area (Å²) in [7, 11) is 1.73. The molecule has 2 fully saturated rings. The van der Waals surface area contributed by atoms with Gasteiger partial charge in [-0.05, 0) is 54.7 Å². The summed E-state index contributed by atoms with van der Waals surface area (Å²) in [5, 5.41) is 3.42. The third-order valence-corrected chi connectivity index (χ3v) is 4.63. The average molecular weight is 231 g/mol. The van der Waals surface area contributed by atoms with Crippen LogP contribution in [0, 0.1) is 5.41 Å². The molecular formula is C15H21NO. The summed E-state index contributed by atoms with van der Waals surface area (Å²) in [6.45, 7) is 2.50. The van der Waals surface area contributed by atoms with Crippen molar-refractivity contribution in [1.29, 1.82) is 0 Å². The van der Waals surface area contributed by atoms with Crippen LogP contribution in [0.2, 0.25) is 0 Å². The molecule has 1 saturated carbocycles. The van der Waals surface area contributed by atoms with Crippen LogP contribution >= 0.6 is 0 Å². The Balaban J connectivity index is 1.65. The highest BCUT2D eigenvalue weighted by Gasteiger charge is 2.40. The predicted octanol–water partition coefficient (Wildman–Crippen LogP) is 2.94. The Labute approximate surface area is 103 Å². The molecule has 17 heavy (non-hydrogen) atoms. The van der Waals surface area contributed by atoms with E-state index >= 15 is 0 Å². The van der Waals surface area contributed by atoms with Crippen molar-refractivity contribution in [3.8, 4) is 5.75 Å². The van der Waals surface area contributed by atoms with Crippen LogP contribution in [0.1, 0.15) is 37.2 Å². The first-order valence-electron chi connectivity index (χ1n) is 6.66. The lowest BCUT2D eigenvalue weighted by atomic mass is 9.66. The zero-order valence-electron chi connectivity index (χ0n) is 10.5. The fourth-order valence-corrected chi connectivity index (χ4v) is 3.27. The van der Waals surface area contributed by atoms with E-state index in [0.717, 1.165) is 11.7 Å². The van der Waals surface area contributed by atoms with Crippen molar-refractivity contribution >= 4 is 0 Å². The van der Waals surface area contributed by atoms with E-state index < -0.39 is 0 Å². The number of hydrogen-bond acceptors (Lipinski definition) is 2. The Bertz CT molecular complexity index is 370. The quantitative estimate of drug-likeness (QED) is 0.845. The van der Waals surface area contributed by atoms with Crippen molar-refractivity contribution < 1.29 is 4.74 Å². The minimum absolute atomic E-state index is 0.670. The highest BCUT2D eigenvalue weighted by Crippen LogP contribution is 2.45. The Morgan fingerprint density at radius 2 is 1.76 bits per heavy atom. The van der Waals surface area contributed by atoms with Crippen LogP contribution in [0.25, 0.3) is 0 Å². The highest BCUT2D eigenvalue weighted by molar-refractivity contribution is 5.29. The maximum absolute atomic E-state index is 5.21. The molecule has 0 radical (unpaired) electrons. The summed E-state index contributed by atoms with van der Waals surface area (Å²) < 4.78 is 5.21.